The van der Waals surface area contributed by atoms with Crippen molar-refractivity contribution in [3.05, 3.63) is 120 Å². The Morgan fingerprint density at radius 3 is 1.13 bits per heavy atom. The number of nitrogens with two attached hydrogens (primary N) is 1. The van der Waals surface area contributed by atoms with Crippen LogP contribution >= 0.6 is 0 Å². The Kier molecular flexibility index (Phi) is 8.08. The molecule has 2 N–H and O–H groups in total. The molecule has 62 heavy (non-hydrogen) atoms. The van der Waals surface area contributed by atoms with Gasteiger partial charge in [-0.15, -0.1) is 22.1 Å². The van der Waals surface area contributed by atoms with Crippen LogP contribution in [0.1, 0.15) is 22.8 Å². The molecule has 0 aliphatic carbocycles. The average Bonchev–Trinajstić information content (AvgIpc) is 4.11. The van der Waals surface area contributed by atoms with Gasteiger partial charge in [-0.25, -0.2) is 9.97 Å². The van der Waals surface area contributed by atoms with E-state index in [1.807, 2.05) is 115 Å². The van der Waals surface area contributed by atoms with Crippen LogP contribution in [-0.2, 0) is 17.1 Å². The minimum Gasteiger partial charge on any atom is -0.657 e. The van der Waals surface area contributed by atoms with Crippen molar-refractivity contribution in [2.75, 3.05) is 27.2 Å². The van der Waals surface area contributed by atoms with Crippen molar-refractivity contribution >= 4 is 46.0 Å². The summed E-state index contributed by atoms with van der Waals surface area (Å²) in [6.45, 7) is 0.559. The van der Waals surface area contributed by atoms with E-state index in [2.05, 4.69) is 0 Å². The third-order valence-corrected chi connectivity index (χ3v) is 11.4. The van der Waals surface area contributed by atoms with E-state index in [0.29, 0.717) is 102 Å². The average molecular weight is 867 g/mol. The molecule has 13 nitrogen and oxygen atoms in total. The fourth-order valence-corrected chi connectivity index (χ4v) is 8.58. The monoisotopic (exact) mass is 866 g/mol. The summed E-state index contributed by atoms with van der Waals surface area (Å²) in [6.07, 6.45) is 5.90. The largest absolute Gasteiger partial charge is 2.00 e. The summed E-state index contributed by atoms with van der Waals surface area (Å²) in [6, 6.07) is 31.3. The van der Waals surface area contributed by atoms with Crippen LogP contribution in [0.25, 0.3) is 90.5 Å². The summed E-state index contributed by atoms with van der Waals surface area (Å²) in [4.78, 5) is 21.4. The first-order valence-electron chi connectivity index (χ1n) is 19.5. The van der Waals surface area contributed by atoms with E-state index in [1.54, 1.807) is 0 Å². The zero-order chi connectivity index (χ0) is 40.2. The molecule has 305 valence electrons. The Labute approximate surface area is 362 Å². The maximum absolute atomic E-state index is 7.05. The molecule has 1 radical (unpaired) electrons. The van der Waals surface area contributed by atoms with E-state index in [0.717, 1.165) is 38.9 Å². The van der Waals surface area contributed by atoms with Crippen LogP contribution in [0.2, 0.25) is 0 Å². The van der Waals surface area contributed by atoms with Gasteiger partial charge in [-0.1, -0.05) is 48.5 Å². The third kappa shape index (κ3) is 5.68. The summed E-state index contributed by atoms with van der Waals surface area (Å²) < 4.78 is 46.2. The maximum atomic E-state index is 7.05. The zero-order valence-electron chi connectivity index (χ0n) is 32.2. The number of ether oxygens (including phenoxy) is 8. The van der Waals surface area contributed by atoms with Gasteiger partial charge in [0.2, 0.25) is 27.2 Å². The second kappa shape index (κ2) is 13.9. The summed E-state index contributed by atoms with van der Waals surface area (Å²) in [7, 11) is 0. The van der Waals surface area contributed by atoms with Crippen LogP contribution in [-0.4, -0.2) is 37.1 Å². The molecule has 13 rings (SSSR count). The summed E-state index contributed by atoms with van der Waals surface area (Å²) in [5, 5.41) is 0. The van der Waals surface area contributed by atoms with Crippen LogP contribution in [0.5, 0.6) is 46.0 Å². The van der Waals surface area contributed by atoms with Gasteiger partial charge < -0.3 is 53.6 Å². The van der Waals surface area contributed by atoms with Gasteiger partial charge in [-0.3, -0.25) is 0 Å². The molecule has 8 bridgehead atoms. The Balaban J connectivity index is 0.00000410. The van der Waals surface area contributed by atoms with Gasteiger partial charge in [0.1, 0.15) is 0 Å². The number of benzene rings is 4. The van der Waals surface area contributed by atoms with Crippen LogP contribution in [0.4, 0.5) is 0 Å². The maximum Gasteiger partial charge on any atom is 2.00 e. The number of hydrogen-bond acceptors (Lipinski definition) is 11. The molecule has 3 aromatic heterocycles. The molecule has 0 fully saturated rings. The van der Waals surface area contributed by atoms with Gasteiger partial charge in [0, 0.05) is 0 Å². The predicted octanol–water partition coefficient (Wildman–Crippen LogP) is 8.78. The van der Waals surface area contributed by atoms with Crippen molar-refractivity contribution < 1.29 is 55.0 Å². The Morgan fingerprint density at radius 1 is 0.387 bits per heavy atom. The molecule has 0 saturated heterocycles. The zero-order valence-corrected chi connectivity index (χ0v) is 33.2. The number of rotatable bonds is 4. The predicted molar refractivity (Wildman–Crippen MR) is 226 cm³/mol. The van der Waals surface area contributed by atoms with Gasteiger partial charge in [0.05, 0.1) is 28.5 Å². The molecule has 6 aliphatic heterocycles. The normalized spacial score (nSPS) is 14.5. The molecule has 14 heteroatoms. The molecular weight excluding hydrogens is 838 g/mol. The second-order valence-electron chi connectivity index (χ2n) is 14.9. The van der Waals surface area contributed by atoms with Crippen LogP contribution < -0.4 is 53.6 Å². The van der Waals surface area contributed by atoms with Crippen molar-refractivity contribution in [1.82, 2.24) is 19.9 Å². The topological polar surface area (TPSA) is 154 Å². The molecule has 0 spiro atoms. The first kappa shape index (κ1) is 36.1. The quantitative estimate of drug-likeness (QED) is 0.168. The molecule has 9 heterocycles. The van der Waals surface area contributed by atoms with Crippen LogP contribution in [0, 0.1) is 0 Å². The van der Waals surface area contributed by atoms with E-state index in [1.165, 1.54) is 0 Å². The van der Waals surface area contributed by atoms with Gasteiger partial charge >= 0.3 is 17.1 Å². The molecule has 0 saturated carbocycles. The van der Waals surface area contributed by atoms with Crippen molar-refractivity contribution in [2.45, 2.75) is 0 Å². The number of aromatic nitrogens is 4. The second-order valence-corrected chi connectivity index (χ2v) is 14.9. The Morgan fingerprint density at radius 2 is 0.726 bits per heavy atom. The molecule has 4 aromatic carbocycles. The van der Waals surface area contributed by atoms with Gasteiger partial charge in [0.15, 0.2) is 46.0 Å². The van der Waals surface area contributed by atoms with Crippen LogP contribution in [0.15, 0.2) is 97.1 Å². The number of fused-ring (bicyclic) bond motifs is 12. The van der Waals surface area contributed by atoms with E-state index in [-0.39, 0.29) is 44.2 Å². The molecule has 0 unspecified atom stereocenters. The minimum absolute atomic E-state index is 0. The molecular formula is C48H29CuN5O8. The van der Waals surface area contributed by atoms with Crippen molar-refractivity contribution in [3.8, 4) is 90.5 Å². The van der Waals surface area contributed by atoms with E-state index in [9.17, 15) is 0 Å². The van der Waals surface area contributed by atoms with Crippen molar-refractivity contribution in [3.63, 3.8) is 0 Å². The Hall–Kier alpha value is -7.80. The number of hydrogen-bond donors (Lipinski definition) is 1. The third-order valence-electron chi connectivity index (χ3n) is 11.4. The van der Waals surface area contributed by atoms with Crippen molar-refractivity contribution in [2.24, 2.45) is 5.73 Å². The van der Waals surface area contributed by atoms with Crippen LogP contribution in [0.3, 0.4) is 0 Å². The molecule has 0 atom stereocenters. The van der Waals surface area contributed by atoms with E-state index < -0.39 is 0 Å². The summed E-state index contributed by atoms with van der Waals surface area (Å²) >= 11 is 0. The van der Waals surface area contributed by atoms with Crippen molar-refractivity contribution in [1.29, 1.82) is 0 Å². The van der Waals surface area contributed by atoms with Gasteiger partial charge in [-0.2, -0.15) is 0 Å². The van der Waals surface area contributed by atoms with Gasteiger partial charge in [0.25, 0.3) is 0 Å². The van der Waals surface area contributed by atoms with E-state index >= 15 is 0 Å². The molecule has 6 aliphatic rings. The van der Waals surface area contributed by atoms with E-state index in [4.69, 9.17) is 63.6 Å². The molecule has 0 amide bonds. The number of nitrogens with zero attached hydrogens (tertiary/aromatic N) is 4. The smallest absolute Gasteiger partial charge is 0.657 e. The fourth-order valence-electron chi connectivity index (χ4n) is 8.58. The van der Waals surface area contributed by atoms with Gasteiger partial charge in [-0.05, 0) is 111 Å². The first-order valence-corrected chi connectivity index (χ1v) is 19.5. The standard InChI is InChI=1S/C48H29N5O8.Cu/c49-28-19-35-46(26-3-13-38-42(17-26)60-22-56-38)33-8-7-31(51-33)44(24-1-11-36-40(15-24)58-20-54-36)29-5-6-30(50-29)45(25-2-12-37-41(16-25)59-21-55-37)32-9-10-34(52-32)47(48(28)53-35)27-4-14-39-43(18-27)61-23-57-39;/h1-19H,20-23,49H2;/q-2;+2. The Bertz CT molecular complexity index is 3320. The fraction of sp³-hybridized carbons (Fsp3) is 0.0833. The summed E-state index contributed by atoms with van der Waals surface area (Å²) in [5.41, 5.74) is 19.1. The SMILES string of the molecule is NC1=Cc2nc1c(-c1ccc3c(c1)OCO3)c1ccc([n-]1)c(-c1ccc3c(c1)OCO3)c1nc(c(-c3ccc4c(c3)OCO4)c3ccc([n-]3)c2-c2ccc3c(c2)OCO3)C=C1.[Cu+2]. The first-order chi connectivity index (χ1) is 30.1. The minimum atomic E-state index is 0. The summed E-state index contributed by atoms with van der Waals surface area (Å²) in [5.74, 6) is 5.18. The molecule has 7 aromatic rings.